The Balaban J connectivity index is 0.00000156. The molecule has 0 aliphatic carbocycles. The van der Waals surface area contributed by atoms with Crippen LogP contribution in [0.3, 0.4) is 0 Å². The van der Waals surface area contributed by atoms with Gasteiger partial charge in [-0.15, -0.1) is 6.42 Å². The molecule has 0 saturated carbocycles. The quantitative estimate of drug-likeness (QED) is 0.318. The smallest absolute Gasteiger partial charge is 0.546 e. The Bertz CT molecular complexity index is 847. The van der Waals surface area contributed by atoms with Gasteiger partial charge < -0.3 is 14.2 Å². The molecule has 1 saturated heterocycles. The number of ether oxygens (including phenoxy) is 3. The van der Waals surface area contributed by atoms with Gasteiger partial charge in [0.15, 0.2) is 5.78 Å². The van der Waals surface area contributed by atoms with Gasteiger partial charge in [-0.25, -0.2) is 6.61 Å². The van der Waals surface area contributed by atoms with E-state index in [0.717, 1.165) is 16.9 Å². The molecule has 162 valence electrons. The Labute approximate surface area is 244 Å². The average Bonchev–Trinajstić information content (AvgIpc) is 2.75. The van der Waals surface area contributed by atoms with Crippen LogP contribution in [0.1, 0.15) is 73.7 Å². The SMILES string of the molecule is CC.CCOc1ccc(C(=O)c2cc([C@H]3CC(OC(C)=O)C[CH-]O3)ccc2C)cc1.[Cs+]. The predicted molar refractivity (Wildman–Crippen MR) is 116 cm³/mol. The van der Waals surface area contributed by atoms with Gasteiger partial charge in [0.25, 0.3) is 0 Å². The summed E-state index contributed by atoms with van der Waals surface area (Å²) in [6.45, 7) is 11.5. The maximum atomic E-state index is 13.0. The van der Waals surface area contributed by atoms with Gasteiger partial charge >= 0.3 is 74.9 Å². The predicted octanol–water partition coefficient (Wildman–Crippen LogP) is 2.60. The standard InChI is InChI=1S/C23H25O5.C2H6.Cs/c1-4-26-19-9-7-17(8-10-19)23(25)21-13-18(6-5-15(21)2)22-14-20(11-12-27-22)28-16(3)24;1-2;/h5-10,12-13,20,22H,4,11,14H2,1-3H3;1-2H3;/q-1;;+1/t20?,22-;;/m1../s1. The van der Waals surface area contributed by atoms with Gasteiger partial charge in [0.2, 0.25) is 0 Å². The van der Waals surface area contributed by atoms with Crippen molar-refractivity contribution in [2.24, 2.45) is 0 Å². The van der Waals surface area contributed by atoms with Crippen molar-refractivity contribution >= 4 is 11.8 Å². The molecule has 31 heavy (non-hydrogen) atoms. The molecule has 0 radical (unpaired) electrons. The number of benzene rings is 2. The summed E-state index contributed by atoms with van der Waals surface area (Å²) in [6.07, 6.45) is 0.684. The van der Waals surface area contributed by atoms with E-state index in [9.17, 15) is 9.59 Å². The van der Waals surface area contributed by atoms with E-state index in [-0.39, 0.29) is 92.9 Å². The third-order valence-corrected chi connectivity index (χ3v) is 4.73. The largest absolute Gasteiger partial charge is 1.00 e. The average molecular weight is 544 g/mol. The molecular formula is C25H31CsO5. The molecule has 2 aromatic rings. The fraction of sp³-hybridized carbons (Fsp3) is 0.400. The zero-order chi connectivity index (χ0) is 22.1. The maximum absolute atomic E-state index is 13.0. The van der Waals surface area contributed by atoms with Crippen LogP contribution in [0.25, 0.3) is 0 Å². The topological polar surface area (TPSA) is 61.8 Å². The van der Waals surface area contributed by atoms with Crippen molar-refractivity contribution in [3.63, 3.8) is 0 Å². The van der Waals surface area contributed by atoms with Crippen molar-refractivity contribution in [1.29, 1.82) is 0 Å². The molecule has 2 atom stereocenters. The summed E-state index contributed by atoms with van der Waals surface area (Å²) in [4.78, 5) is 24.3. The second-order valence-corrected chi connectivity index (χ2v) is 6.86. The number of rotatable bonds is 6. The van der Waals surface area contributed by atoms with Crippen LogP contribution in [0, 0.1) is 13.5 Å². The summed E-state index contributed by atoms with van der Waals surface area (Å²) in [7, 11) is 0. The Hall–Kier alpha value is -0.608. The number of ketones is 1. The first-order valence-electron chi connectivity index (χ1n) is 10.5. The number of hydrogen-bond acceptors (Lipinski definition) is 5. The van der Waals surface area contributed by atoms with Crippen LogP contribution in [0.15, 0.2) is 42.5 Å². The van der Waals surface area contributed by atoms with Gasteiger partial charge in [0, 0.05) is 24.5 Å². The van der Waals surface area contributed by atoms with E-state index >= 15 is 0 Å². The molecule has 0 aromatic heterocycles. The Morgan fingerprint density at radius 2 is 1.81 bits per heavy atom. The minimum Gasteiger partial charge on any atom is -0.546 e. The van der Waals surface area contributed by atoms with Crippen LogP contribution in [-0.4, -0.2) is 24.5 Å². The minimum atomic E-state index is -0.297. The molecule has 1 aliphatic rings. The van der Waals surface area contributed by atoms with Crippen LogP contribution in [-0.2, 0) is 14.3 Å². The van der Waals surface area contributed by atoms with Crippen LogP contribution in [0.4, 0.5) is 0 Å². The van der Waals surface area contributed by atoms with Crippen LogP contribution < -0.4 is 73.6 Å². The van der Waals surface area contributed by atoms with Gasteiger partial charge in [-0.2, -0.15) is 0 Å². The number of aryl methyl sites for hydroxylation is 1. The summed E-state index contributed by atoms with van der Waals surface area (Å²) in [5, 5.41) is 0. The first kappa shape index (κ1) is 28.4. The monoisotopic (exact) mass is 544 g/mol. The van der Waals surface area contributed by atoms with Crippen molar-refractivity contribution in [3.05, 3.63) is 71.3 Å². The van der Waals surface area contributed by atoms with Crippen molar-refractivity contribution in [3.8, 4) is 5.75 Å². The van der Waals surface area contributed by atoms with E-state index < -0.39 is 0 Å². The molecule has 0 N–H and O–H groups in total. The number of carbonyl (C=O) groups excluding carboxylic acids is 2. The molecule has 3 rings (SSSR count). The molecule has 5 nitrogen and oxygen atoms in total. The van der Waals surface area contributed by atoms with Crippen LogP contribution in [0.5, 0.6) is 5.75 Å². The summed E-state index contributed by atoms with van der Waals surface area (Å²) in [5.74, 6) is 0.403. The normalized spacial score (nSPS) is 17.5. The van der Waals surface area contributed by atoms with Gasteiger partial charge in [0.05, 0.1) is 18.8 Å². The zero-order valence-corrected chi connectivity index (χ0v) is 25.7. The molecule has 1 unspecified atom stereocenters. The Kier molecular flexibility index (Phi) is 13.3. The first-order chi connectivity index (χ1) is 14.5. The molecule has 2 aromatic carbocycles. The fourth-order valence-electron chi connectivity index (χ4n) is 3.32. The van der Waals surface area contributed by atoms with E-state index in [0.29, 0.717) is 30.6 Å². The molecule has 0 spiro atoms. The molecule has 1 aliphatic heterocycles. The number of esters is 1. The molecule has 6 heteroatoms. The summed E-state index contributed by atoms with van der Waals surface area (Å²) in [5.41, 5.74) is 3.05. The van der Waals surface area contributed by atoms with E-state index in [4.69, 9.17) is 14.2 Å². The summed E-state index contributed by atoms with van der Waals surface area (Å²) >= 11 is 0. The molecule has 1 heterocycles. The van der Waals surface area contributed by atoms with E-state index in [1.807, 2.05) is 45.9 Å². The Morgan fingerprint density at radius 1 is 1.13 bits per heavy atom. The van der Waals surface area contributed by atoms with Gasteiger partial charge in [-0.3, -0.25) is 9.59 Å². The van der Waals surface area contributed by atoms with E-state index in [1.54, 1.807) is 30.9 Å². The van der Waals surface area contributed by atoms with Gasteiger partial charge in [-0.1, -0.05) is 26.0 Å². The zero-order valence-electron chi connectivity index (χ0n) is 19.4. The third-order valence-electron chi connectivity index (χ3n) is 4.73. The molecule has 1 fully saturated rings. The van der Waals surface area contributed by atoms with E-state index in [2.05, 4.69) is 0 Å². The van der Waals surface area contributed by atoms with Crippen molar-refractivity contribution in [2.75, 3.05) is 6.61 Å². The maximum Gasteiger partial charge on any atom is 1.00 e. The molecular weight excluding hydrogens is 513 g/mol. The van der Waals surface area contributed by atoms with Crippen molar-refractivity contribution in [2.45, 2.75) is 59.7 Å². The van der Waals surface area contributed by atoms with Crippen molar-refractivity contribution in [1.82, 2.24) is 0 Å². The number of carbonyl (C=O) groups is 2. The third kappa shape index (κ3) is 8.35. The summed E-state index contributed by atoms with van der Waals surface area (Å²) < 4.78 is 16.5. The fourth-order valence-corrected chi connectivity index (χ4v) is 3.32. The summed E-state index contributed by atoms with van der Waals surface area (Å²) in [6, 6.07) is 12.9. The van der Waals surface area contributed by atoms with Gasteiger partial charge in [-0.05, 0) is 55.3 Å². The van der Waals surface area contributed by atoms with Crippen molar-refractivity contribution < 1.29 is 92.7 Å². The van der Waals surface area contributed by atoms with Crippen LogP contribution >= 0.6 is 0 Å². The second kappa shape index (κ2) is 14.5. The van der Waals surface area contributed by atoms with Gasteiger partial charge in [0.1, 0.15) is 5.75 Å². The molecule has 0 bridgehead atoms. The Morgan fingerprint density at radius 3 is 2.42 bits per heavy atom. The van der Waals surface area contributed by atoms with Crippen LogP contribution in [0.2, 0.25) is 0 Å². The minimum absolute atomic E-state index is 0. The second-order valence-electron chi connectivity index (χ2n) is 6.86. The van der Waals surface area contributed by atoms with E-state index in [1.165, 1.54) is 6.92 Å². The number of hydrogen-bond donors (Lipinski definition) is 0. The molecule has 0 amide bonds. The first-order valence-corrected chi connectivity index (χ1v) is 10.5.